The molecule has 1 unspecified atom stereocenters. The van der Waals surface area contributed by atoms with E-state index in [1.807, 2.05) is 31.2 Å². The number of aromatic nitrogens is 4. The van der Waals surface area contributed by atoms with E-state index in [4.69, 9.17) is 0 Å². The number of hydrogen-bond acceptors (Lipinski definition) is 5. The Morgan fingerprint density at radius 2 is 1.84 bits per heavy atom. The number of fused-ring (bicyclic) bond motifs is 1. The van der Waals surface area contributed by atoms with Crippen LogP contribution in [0, 0.1) is 0 Å². The Balaban J connectivity index is 1.55. The van der Waals surface area contributed by atoms with Gasteiger partial charge in [-0.05, 0) is 38.1 Å². The van der Waals surface area contributed by atoms with Gasteiger partial charge in [0, 0.05) is 12.6 Å². The summed E-state index contributed by atoms with van der Waals surface area (Å²) in [7, 11) is 0. The van der Waals surface area contributed by atoms with E-state index in [0.29, 0.717) is 34.1 Å². The molecule has 1 amide bonds. The maximum Gasteiger partial charge on any atom is 0.273 e. The molecule has 0 fully saturated rings. The molecule has 0 saturated heterocycles. The maximum absolute atomic E-state index is 12.8. The van der Waals surface area contributed by atoms with Gasteiger partial charge in [0.1, 0.15) is 5.82 Å². The number of aromatic amines is 1. The van der Waals surface area contributed by atoms with E-state index in [0.717, 1.165) is 0 Å². The first kappa shape index (κ1) is 20.7. The lowest BCUT2D eigenvalue weighted by Crippen LogP contribution is -2.26. The molecule has 0 radical (unpaired) electrons. The number of H-pyrrole nitrogens is 1. The molecule has 2 aromatic heterocycles. The highest BCUT2D eigenvalue weighted by molar-refractivity contribution is 8.00. The number of nitrogens with zero attached hydrogens (tertiary/aromatic N) is 3. The zero-order chi connectivity index (χ0) is 22.0. The molecule has 0 aliphatic carbocycles. The van der Waals surface area contributed by atoms with Crippen LogP contribution in [-0.2, 0) is 11.3 Å². The molecule has 8 nitrogen and oxygen atoms in total. The molecule has 1 atom stereocenters. The number of nitrogens with one attached hydrogen (secondary N) is 2. The van der Waals surface area contributed by atoms with E-state index in [1.54, 1.807) is 41.8 Å². The Morgan fingerprint density at radius 3 is 2.58 bits per heavy atom. The largest absolute Gasteiger partial charge is 0.310 e. The quantitative estimate of drug-likeness (QED) is 0.358. The van der Waals surface area contributed by atoms with Crippen molar-refractivity contribution in [2.75, 3.05) is 5.32 Å². The fourth-order valence-electron chi connectivity index (χ4n) is 3.19. The molecule has 158 valence electrons. The number of para-hydroxylation sites is 2. The zero-order valence-electron chi connectivity index (χ0n) is 17.0. The molecule has 4 aromatic rings. The summed E-state index contributed by atoms with van der Waals surface area (Å²) in [6, 6.07) is 17.6. The molecule has 0 spiro atoms. The SMILES string of the molecule is CCn1c(SC(C)C(=O)Nc2cc(=O)n(-c3ccccc3)[nH]2)nc2ccccc2c1=O. The molecule has 2 N–H and O–H groups in total. The summed E-state index contributed by atoms with van der Waals surface area (Å²) in [5.74, 6) is -0.0119. The monoisotopic (exact) mass is 435 g/mol. The van der Waals surface area contributed by atoms with Crippen LogP contribution in [0.3, 0.4) is 0 Å². The van der Waals surface area contributed by atoms with Gasteiger partial charge < -0.3 is 5.32 Å². The second-order valence-electron chi connectivity index (χ2n) is 6.89. The van der Waals surface area contributed by atoms with Crippen molar-refractivity contribution >= 4 is 34.4 Å². The second-order valence-corrected chi connectivity index (χ2v) is 8.20. The summed E-state index contributed by atoms with van der Waals surface area (Å²) in [5.41, 5.74) is 0.852. The molecule has 9 heteroatoms. The summed E-state index contributed by atoms with van der Waals surface area (Å²) < 4.78 is 2.91. The molecule has 0 aliphatic rings. The van der Waals surface area contributed by atoms with Crippen molar-refractivity contribution in [2.24, 2.45) is 0 Å². The summed E-state index contributed by atoms with van der Waals surface area (Å²) in [6.07, 6.45) is 0. The number of hydrogen-bond donors (Lipinski definition) is 2. The van der Waals surface area contributed by atoms with Crippen molar-refractivity contribution < 1.29 is 4.79 Å². The van der Waals surface area contributed by atoms with Crippen LogP contribution in [0.2, 0.25) is 0 Å². The summed E-state index contributed by atoms with van der Waals surface area (Å²) >= 11 is 1.20. The van der Waals surface area contributed by atoms with Gasteiger partial charge in [-0.1, -0.05) is 42.1 Å². The van der Waals surface area contributed by atoms with Crippen LogP contribution in [-0.4, -0.2) is 30.5 Å². The lowest BCUT2D eigenvalue weighted by molar-refractivity contribution is -0.115. The van der Waals surface area contributed by atoms with Gasteiger partial charge in [-0.25, -0.2) is 9.67 Å². The van der Waals surface area contributed by atoms with Crippen LogP contribution < -0.4 is 16.4 Å². The van der Waals surface area contributed by atoms with Gasteiger partial charge in [-0.2, -0.15) is 0 Å². The first-order valence-corrected chi connectivity index (χ1v) is 10.7. The number of thioether (sulfide) groups is 1. The van der Waals surface area contributed by atoms with Crippen LogP contribution in [0.4, 0.5) is 5.82 Å². The number of carbonyl (C=O) groups excluding carboxylic acids is 1. The van der Waals surface area contributed by atoms with Gasteiger partial charge in [0.25, 0.3) is 11.1 Å². The summed E-state index contributed by atoms with van der Waals surface area (Å²) in [6.45, 7) is 4.04. The van der Waals surface area contributed by atoms with E-state index in [9.17, 15) is 14.4 Å². The third kappa shape index (κ3) is 4.17. The lowest BCUT2D eigenvalue weighted by Gasteiger charge is -2.15. The molecule has 31 heavy (non-hydrogen) atoms. The predicted octanol–water partition coefficient (Wildman–Crippen LogP) is 3.01. The third-order valence-electron chi connectivity index (χ3n) is 4.79. The first-order valence-electron chi connectivity index (χ1n) is 9.82. The Kier molecular flexibility index (Phi) is 5.77. The van der Waals surface area contributed by atoms with Crippen LogP contribution in [0.25, 0.3) is 16.6 Å². The normalized spacial score (nSPS) is 12.1. The number of amides is 1. The third-order valence-corrected chi connectivity index (χ3v) is 5.88. The highest BCUT2D eigenvalue weighted by Gasteiger charge is 2.20. The van der Waals surface area contributed by atoms with Crippen molar-refractivity contribution in [3.8, 4) is 5.69 Å². The minimum absolute atomic E-state index is 0.132. The standard InChI is InChI=1S/C22H21N5O3S/c1-3-26-21(30)16-11-7-8-12-17(16)23-22(26)31-14(2)20(29)24-18-13-19(28)27(25-18)15-9-5-4-6-10-15/h4-14,25H,3H2,1-2H3,(H,24,29). The zero-order valence-corrected chi connectivity index (χ0v) is 17.8. The number of benzene rings is 2. The molecule has 2 aromatic carbocycles. The number of rotatable bonds is 6. The van der Waals surface area contributed by atoms with Crippen LogP contribution in [0.5, 0.6) is 0 Å². The van der Waals surface area contributed by atoms with Crippen LogP contribution in [0.15, 0.2) is 75.4 Å². The van der Waals surface area contributed by atoms with E-state index < -0.39 is 5.25 Å². The topological polar surface area (TPSA) is 102 Å². The van der Waals surface area contributed by atoms with Crippen molar-refractivity contribution in [1.82, 2.24) is 19.3 Å². The van der Waals surface area contributed by atoms with Crippen molar-refractivity contribution in [1.29, 1.82) is 0 Å². The molecule has 0 aliphatic heterocycles. The van der Waals surface area contributed by atoms with Gasteiger partial charge in [0.2, 0.25) is 5.91 Å². The Labute approximate surface area is 181 Å². The first-order chi connectivity index (χ1) is 15.0. The maximum atomic E-state index is 12.8. The molecule has 0 saturated carbocycles. The smallest absolute Gasteiger partial charge is 0.273 e. The molecular formula is C22H21N5O3S. The number of anilines is 1. The van der Waals surface area contributed by atoms with E-state index in [-0.39, 0.29) is 17.0 Å². The number of carbonyl (C=O) groups is 1. The Morgan fingerprint density at radius 1 is 1.13 bits per heavy atom. The molecule has 0 bridgehead atoms. The van der Waals surface area contributed by atoms with Crippen LogP contribution in [0.1, 0.15) is 13.8 Å². The van der Waals surface area contributed by atoms with Gasteiger partial charge in [-0.15, -0.1) is 0 Å². The van der Waals surface area contributed by atoms with Gasteiger partial charge >= 0.3 is 0 Å². The average molecular weight is 436 g/mol. The van der Waals surface area contributed by atoms with Gasteiger partial charge in [0.15, 0.2) is 5.16 Å². The predicted molar refractivity (Wildman–Crippen MR) is 122 cm³/mol. The Bertz CT molecular complexity index is 1360. The minimum atomic E-state index is -0.547. The molecule has 2 heterocycles. The highest BCUT2D eigenvalue weighted by Crippen LogP contribution is 2.23. The Hall–Kier alpha value is -3.59. The minimum Gasteiger partial charge on any atom is -0.310 e. The van der Waals surface area contributed by atoms with Crippen molar-refractivity contribution in [3.05, 3.63) is 81.4 Å². The average Bonchev–Trinajstić information content (AvgIpc) is 3.14. The fraction of sp³-hybridized carbons (Fsp3) is 0.182. The van der Waals surface area contributed by atoms with Gasteiger partial charge in [0.05, 0.1) is 21.8 Å². The highest BCUT2D eigenvalue weighted by atomic mass is 32.2. The molecular weight excluding hydrogens is 414 g/mol. The molecule has 4 rings (SSSR count). The summed E-state index contributed by atoms with van der Waals surface area (Å²) in [4.78, 5) is 42.3. The van der Waals surface area contributed by atoms with Crippen LogP contribution >= 0.6 is 11.8 Å². The van der Waals surface area contributed by atoms with E-state index in [1.165, 1.54) is 22.5 Å². The van der Waals surface area contributed by atoms with E-state index in [2.05, 4.69) is 15.4 Å². The van der Waals surface area contributed by atoms with Gasteiger partial charge in [-0.3, -0.25) is 24.0 Å². The van der Waals surface area contributed by atoms with Crippen molar-refractivity contribution in [2.45, 2.75) is 30.8 Å². The summed E-state index contributed by atoms with van der Waals surface area (Å²) in [5, 5.41) is 6.10. The lowest BCUT2D eigenvalue weighted by atomic mass is 10.2. The van der Waals surface area contributed by atoms with Crippen molar-refractivity contribution in [3.63, 3.8) is 0 Å². The fourth-order valence-corrected chi connectivity index (χ4v) is 4.16. The van der Waals surface area contributed by atoms with E-state index >= 15 is 0 Å². The second kappa shape index (κ2) is 8.65.